The van der Waals surface area contributed by atoms with Gasteiger partial charge in [0.05, 0.1) is 12.0 Å². The molecule has 1 saturated carbocycles. The van der Waals surface area contributed by atoms with Crippen molar-refractivity contribution in [1.29, 1.82) is 0 Å². The SMILES string of the molecule is Cc1cc(C(=O)NC2(CC(=O)O)CCCC2)ccc1O. The number of aryl methyl sites for hydroxylation is 1. The Balaban J connectivity index is 2.16. The van der Waals surface area contributed by atoms with Gasteiger partial charge < -0.3 is 15.5 Å². The van der Waals surface area contributed by atoms with Crippen molar-refractivity contribution < 1.29 is 19.8 Å². The fraction of sp³-hybridized carbons (Fsp3) is 0.467. The molecule has 5 heteroatoms. The third kappa shape index (κ3) is 3.10. The van der Waals surface area contributed by atoms with Crippen LogP contribution >= 0.6 is 0 Å². The zero-order valence-corrected chi connectivity index (χ0v) is 11.5. The summed E-state index contributed by atoms with van der Waals surface area (Å²) in [7, 11) is 0. The largest absolute Gasteiger partial charge is 0.508 e. The van der Waals surface area contributed by atoms with Gasteiger partial charge in [-0.15, -0.1) is 0 Å². The molecule has 0 unspecified atom stereocenters. The Morgan fingerprint density at radius 1 is 1.30 bits per heavy atom. The van der Waals surface area contributed by atoms with Crippen LogP contribution in [0.15, 0.2) is 18.2 Å². The summed E-state index contributed by atoms with van der Waals surface area (Å²) in [6.07, 6.45) is 3.21. The van der Waals surface area contributed by atoms with E-state index in [1.54, 1.807) is 19.1 Å². The molecule has 1 fully saturated rings. The standard InChI is InChI=1S/C15H19NO4/c1-10-8-11(4-5-12(10)17)14(20)16-15(9-13(18)19)6-2-3-7-15/h4-5,8,17H,2-3,6-7,9H2,1H3,(H,16,20)(H,18,19). The van der Waals surface area contributed by atoms with Gasteiger partial charge in [0.15, 0.2) is 0 Å². The van der Waals surface area contributed by atoms with Crippen molar-refractivity contribution in [3.05, 3.63) is 29.3 Å². The number of phenolic OH excluding ortho intramolecular Hbond substituents is 1. The highest BCUT2D eigenvalue weighted by atomic mass is 16.4. The van der Waals surface area contributed by atoms with Crippen molar-refractivity contribution in [3.63, 3.8) is 0 Å². The molecule has 0 spiro atoms. The van der Waals surface area contributed by atoms with Crippen LogP contribution in [0.25, 0.3) is 0 Å². The average Bonchev–Trinajstić information content (AvgIpc) is 2.79. The predicted octanol–water partition coefficient (Wildman–Crippen LogP) is 2.22. The van der Waals surface area contributed by atoms with Gasteiger partial charge >= 0.3 is 5.97 Å². The monoisotopic (exact) mass is 277 g/mol. The van der Waals surface area contributed by atoms with Crippen molar-refractivity contribution >= 4 is 11.9 Å². The molecule has 1 amide bonds. The number of nitrogens with one attached hydrogen (secondary N) is 1. The van der Waals surface area contributed by atoms with Crippen LogP contribution < -0.4 is 5.32 Å². The smallest absolute Gasteiger partial charge is 0.305 e. The Hall–Kier alpha value is -2.04. The second kappa shape index (κ2) is 5.53. The van der Waals surface area contributed by atoms with Gasteiger partial charge in [0.2, 0.25) is 0 Å². The molecule has 0 saturated heterocycles. The van der Waals surface area contributed by atoms with E-state index in [9.17, 15) is 14.7 Å². The minimum Gasteiger partial charge on any atom is -0.508 e. The third-order valence-corrected chi connectivity index (χ3v) is 3.89. The van der Waals surface area contributed by atoms with Crippen molar-refractivity contribution in [2.45, 2.75) is 44.6 Å². The minimum atomic E-state index is -0.894. The molecule has 20 heavy (non-hydrogen) atoms. The Bertz CT molecular complexity index is 533. The third-order valence-electron chi connectivity index (χ3n) is 3.89. The van der Waals surface area contributed by atoms with E-state index in [2.05, 4.69) is 5.32 Å². The number of carbonyl (C=O) groups is 2. The van der Waals surface area contributed by atoms with Gasteiger partial charge in [-0.25, -0.2) is 0 Å². The van der Waals surface area contributed by atoms with E-state index in [0.717, 1.165) is 12.8 Å². The van der Waals surface area contributed by atoms with Crippen molar-refractivity contribution in [2.75, 3.05) is 0 Å². The number of aliphatic carboxylic acids is 1. The number of amides is 1. The lowest BCUT2D eigenvalue weighted by Crippen LogP contribution is -2.47. The molecule has 0 aromatic heterocycles. The summed E-state index contributed by atoms with van der Waals surface area (Å²) in [6.45, 7) is 1.72. The zero-order valence-electron chi connectivity index (χ0n) is 11.5. The molecule has 108 valence electrons. The molecular weight excluding hydrogens is 258 g/mol. The number of phenols is 1. The lowest BCUT2D eigenvalue weighted by molar-refractivity contribution is -0.138. The van der Waals surface area contributed by atoms with Crippen LogP contribution in [0, 0.1) is 6.92 Å². The van der Waals surface area contributed by atoms with Gasteiger partial charge in [-0.05, 0) is 43.5 Å². The van der Waals surface area contributed by atoms with E-state index in [-0.39, 0.29) is 18.1 Å². The Morgan fingerprint density at radius 2 is 1.95 bits per heavy atom. The normalized spacial score (nSPS) is 16.9. The molecular formula is C15H19NO4. The van der Waals surface area contributed by atoms with Crippen LogP contribution in [0.4, 0.5) is 0 Å². The molecule has 2 rings (SSSR count). The molecule has 0 aliphatic heterocycles. The number of hydrogen-bond acceptors (Lipinski definition) is 3. The van der Waals surface area contributed by atoms with Gasteiger partial charge in [0, 0.05) is 5.56 Å². The maximum Gasteiger partial charge on any atom is 0.305 e. The average molecular weight is 277 g/mol. The molecule has 0 bridgehead atoms. The van der Waals surface area contributed by atoms with Crippen molar-refractivity contribution in [1.82, 2.24) is 5.32 Å². The molecule has 1 aliphatic rings. The first kappa shape index (κ1) is 14.4. The van der Waals surface area contributed by atoms with E-state index < -0.39 is 11.5 Å². The van der Waals surface area contributed by atoms with Crippen LogP contribution in [0.5, 0.6) is 5.75 Å². The highest BCUT2D eigenvalue weighted by Crippen LogP contribution is 2.33. The fourth-order valence-electron chi connectivity index (χ4n) is 2.80. The Labute approximate surface area is 117 Å². The Morgan fingerprint density at radius 3 is 2.50 bits per heavy atom. The van der Waals surface area contributed by atoms with Gasteiger partial charge in [0.1, 0.15) is 5.75 Å². The summed E-state index contributed by atoms with van der Waals surface area (Å²) in [5.74, 6) is -1.03. The summed E-state index contributed by atoms with van der Waals surface area (Å²) < 4.78 is 0. The molecule has 1 aliphatic carbocycles. The van der Waals surface area contributed by atoms with Gasteiger partial charge in [-0.3, -0.25) is 9.59 Å². The van der Waals surface area contributed by atoms with Gasteiger partial charge in [0.25, 0.3) is 5.91 Å². The molecule has 1 aromatic carbocycles. The summed E-state index contributed by atoms with van der Waals surface area (Å²) in [4.78, 5) is 23.3. The number of rotatable bonds is 4. The van der Waals surface area contributed by atoms with Crippen molar-refractivity contribution in [3.8, 4) is 5.75 Å². The van der Waals surface area contributed by atoms with Crippen LogP contribution in [0.1, 0.15) is 48.0 Å². The predicted molar refractivity (Wildman–Crippen MR) is 73.8 cm³/mol. The highest BCUT2D eigenvalue weighted by molar-refractivity contribution is 5.95. The molecule has 5 nitrogen and oxygen atoms in total. The lowest BCUT2D eigenvalue weighted by Gasteiger charge is -2.28. The molecule has 0 radical (unpaired) electrons. The summed E-state index contributed by atoms with van der Waals surface area (Å²) in [5, 5.41) is 21.4. The van der Waals surface area contributed by atoms with E-state index >= 15 is 0 Å². The van der Waals surface area contributed by atoms with Crippen molar-refractivity contribution in [2.24, 2.45) is 0 Å². The van der Waals surface area contributed by atoms with E-state index in [4.69, 9.17) is 5.11 Å². The fourth-order valence-corrected chi connectivity index (χ4v) is 2.80. The second-order valence-corrected chi connectivity index (χ2v) is 5.51. The number of carboxylic acid groups (broad SMARTS) is 1. The lowest BCUT2D eigenvalue weighted by atomic mass is 9.92. The van der Waals surface area contributed by atoms with Crippen LogP contribution in [-0.2, 0) is 4.79 Å². The molecule has 1 aromatic rings. The van der Waals surface area contributed by atoms with E-state index in [0.29, 0.717) is 24.0 Å². The number of aromatic hydroxyl groups is 1. The number of carbonyl (C=O) groups excluding carboxylic acids is 1. The number of benzene rings is 1. The topological polar surface area (TPSA) is 86.6 Å². The molecule has 3 N–H and O–H groups in total. The second-order valence-electron chi connectivity index (χ2n) is 5.51. The zero-order chi connectivity index (χ0) is 14.8. The Kier molecular flexibility index (Phi) is 3.97. The van der Waals surface area contributed by atoms with Crippen LogP contribution in [0.2, 0.25) is 0 Å². The summed E-state index contributed by atoms with van der Waals surface area (Å²) >= 11 is 0. The number of carboxylic acids is 1. The number of hydrogen-bond donors (Lipinski definition) is 3. The first-order valence-electron chi connectivity index (χ1n) is 6.76. The first-order chi connectivity index (χ1) is 9.42. The van der Waals surface area contributed by atoms with Crippen LogP contribution in [-0.4, -0.2) is 27.6 Å². The van der Waals surface area contributed by atoms with Gasteiger partial charge in [-0.1, -0.05) is 12.8 Å². The summed E-state index contributed by atoms with van der Waals surface area (Å²) in [6, 6.07) is 4.62. The van der Waals surface area contributed by atoms with E-state index in [1.807, 2.05) is 0 Å². The highest BCUT2D eigenvalue weighted by Gasteiger charge is 2.37. The first-order valence-corrected chi connectivity index (χ1v) is 6.76. The maximum absolute atomic E-state index is 12.3. The maximum atomic E-state index is 12.3. The van der Waals surface area contributed by atoms with Gasteiger partial charge in [-0.2, -0.15) is 0 Å². The molecule has 0 heterocycles. The van der Waals surface area contributed by atoms with Crippen LogP contribution in [0.3, 0.4) is 0 Å². The quantitative estimate of drug-likeness (QED) is 0.787. The van der Waals surface area contributed by atoms with E-state index in [1.165, 1.54) is 6.07 Å². The molecule has 0 atom stereocenters. The summed E-state index contributed by atoms with van der Waals surface area (Å²) in [5.41, 5.74) is 0.433. The minimum absolute atomic E-state index is 0.0458.